The molecule has 0 radical (unpaired) electrons. The van der Waals surface area contributed by atoms with Gasteiger partial charge in [0, 0.05) is 49.7 Å². The number of benzene rings is 2. The van der Waals surface area contributed by atoms with E-state index in [1.807, 2.05) is 6.07 Å². The Hall–Kier alpha value is -3.35. The quantitative estimate of drug-likeness (QED) is 0.469. The van der Waals surface area contributed by atoms with Crippen LogP contribution < -0.4 is 15.1 Å². The molecule has 0 saturated carbocycles. The molecule has 1 saturated heterocycles. The molecule has 0 unspecified atom stereocenters. The topological polar surface area (TPSA) is 78.7 Å². The van der Waals surface area contributed by atoms with Gasteiger partial charge in [-0.25, -0.2) is 0 Å². The number of amides is 1. The van der Waals surface area contributed by atoms with Crippen molar-refractivity contribution in [1.82, 2.24) is 5.32 Å². The summed E-state index contributed by atoms with van der Waals surface area (Å²) in [5.41, 5.74) is 4.30. The van der Waals surface area contributed by atoms with Crippen molar-refractivity contribution >= 4 is 23.0 Å². The third-order valence-electron chi connectivity index (χ3n) is 6.06. The highest BCUT2D eigenvalue weighted by atomic mass is 16.6. The molecular weight excluding hydrogens is 380 g/mol. The predicted octanol–water partition coefficient (Wildman–Crippen LogP) is 3.07. The average molecular weight is 406 g/mol. The number of piperazine rings is 1. The highest BCUT2D eigenvalue weighted by Crippen LogP contribution is 2.38. The second-order valence-corrected chi connectivity index (χ2v) is 7.96. The molecule has 2 aromatic rings. The van der Waals surface area contributed by atoms with Crippen LogP contribution in [-0.4, -0.2) is 43.1 Å². The van der Waals surface area contributed by atoms with Crippen LogP contribution in [0.15, 0.2) is 55.1 Å². The van der Waals surface area contributed by atoms with Gasteiger partial charge in [0.1, 0.15) is 0 Å². The number of rotatable bonds is 5. The highest BCUT2D eigenvalue weighted by Gasteiger charge is 2.42. The summed E-state index contributed by atoms with van der Waals surface area (Å²) in [6, 6.07) is 13.5. The Morgan fingerprint density at radius 1 is 1.27 bits per heavy atom. The Balaban J connectivity index is 1.67. The Morgan fingerprint density at radius 2 is 2.03 bits per heavy atom. The van der Waals surface area contributed by atoms with E-state index in [1.165, 1.54) is 5.56 Å². The van der Waals surface area contributed by atoms with Crippen LogP contribution in [0.3, 0.4) is 0 Å². The SMILES string of the molecule is C=CCNC(=O)[C@H]1Cc2cc([N+](=O)[O-])ccc2N2CCN(c3ccc(C)cc3)C[C@H]12. The van der Waals surface area contributed by atoms with E-state index >= 15 is 0 Å². The first-order chi connectivity index (χ1) is 14.5. The average Bonchev–Trinajstić information content (AvgIpc) is 2.76. The summed E-state index contributed by atoms with van der Waals surface area (Å²) in [4.78, 5) is 28.4. The van der Waals surface area contributed by atoms with E-state index in [0.29, 0.717) is 13.0 Å². The number of nitro benzene ring substituents is 1. The van der Waals surface area contributed by atoms with Crippen molar-refractivity contribution in [1.29, 1.82) is 0 Å². The van der Waals surface area contributed by atoms with E-state index in [0.717, 1.165) is 36.6 Å². The number of carbonyl (C=O) groups excluding carboxylic acids is 1. The van der Waals surface area contributed by atoms with Gasteiger partial charge in [-0.1, -0.05) is 23.8 Å². The lowest BCUT2D eigenvalue weighted by atomic mass is 9.83. The van der Waals surface area contributed by atoms with Crippen molar-refractivity contribution in [2.75, 3.05) is 36.0 Å². The Bertz CT molecular complexity index is 973. The number of hydrogen-bond acceptors (Lipinski definition) is 5. The summed E-state index contributed by atoms with van der Waals surface area (Å²) < 4.78 is 0. The van der Waals surface area contributed by atoms with E-state index in [1.54, 1.807) is 18.2 Å². The number of nitrogens with one attached hydrogen (secondary N) is 1. The van der Waals surface area contributed by atoms with Crippen molar-refractivity contribution in [3.8, 4) is 0 Å². The second-order valence-electron chi connectivity index (χ2n) is 7.96. The van der Waals surface area contributed by atoms with Gasteiger partial charge in [0.05, 0.1) is 16.9 Å². The monoisotopic (exact) mass is 406 g/mol. The van der Waals surface area contributed by atoms with Gasteiger partial charge in [-0.2, -0.15) is 0 Å². The summed E-state index contributed by atoms with van der Waals surface area (Å²) in [7, 11) is 0. The molecular formula is C23H26N4O3. The molecule has 0 aromatic heterocycles. The van der Waals surface area contributed by atoms with Gasteiger partial charge in [0.15, 0.2) is 0 Å². The van der Waals surface area contributed by atoms with Gasteiger partial charge in [-0.05, 0) is 37.1 Å². The molecule has 1 N–H and O–H groups in total. The minimum Gasteiger partial charge on any atom is -0.368 e. The van der Waals surface area contributed by atoms with Crippen LogP contribution in [-0.2, 0) is 11.2 Å². The van der Waals surface area contributed by atoms with Crippen LogP contribution in [0.4, 0.5) is 17.1 Å². The summed E-state index contributed by atoms with van der Waals surface area (Å²) in [6.45, 7) is 8.47. The van der Waals surface area contributed by atoms with E-state index in [9.17, 15) is 14.9 Å². The van der Waals surface area contributed by atoms with Crippen molar-refractivity contribution in [3.05, 3.63) is 76.4 Å². The van der Waals surface area contributed by atoms with Crippen LogP contribution in [0.5, 0.6) is 0 Å². The predicted molar refractivity (Wildman–Crippen MR) is 118 cm³/mol. The number of fused-ring (bicyclic) bond motifs is 3. The molecule has 30 heavy (non-hydrogen) atoms. The third kappa shape index (κ3) is 3.75. The summed E-state index contributed by atoms with van der Waals surface area (Å²) >= 11 is 0. The van der Waals surface area contributed by atoms with Gasteiger partial charge >= 0.3 is 0 Å². The minimum absolute atomic E-state index is 0.00109. The smallest absolute Gasteiger partial charge is 0.269 e. The van der Waals surface area contributed by atoms with Gasteiger partial charge in [-0.15, -0.1) is 6.58 Å². The number of carbonyl (C=O) groups is 1. The van der Waals surface area contributed by atoms with Gasteiger partial charge < -0.3 is 15.1 Å². The Morgan fingerprint density at radius 3 is 2.73 bits per heavy atom. The highest BCUT2D eigenvalue weighted by molar-refractivity contribution is 5.82. The Kier molecular flexibility index (Phi) is 5.44. The number of non-ortho nitro benzene ring substituents is 1. The number of aryl methyl sites for hydroxylation is 1. The molecule has 2 heterocycles. The molecule has 0 aliphatic carbocycles. The maximum Gasteiger partial charge on any atom is 0.269 e. The maximum atomic E-state index is 13.0. The molecule has 2 aliphatic rings. The van der Waals surface area contributed by atoms with Crippen molar-refractivity contribution < 1.29 is 9.72 Å². The van der Waals surface area contributed by atoms with E-state index in [4.69, 9.17) is 0 Å². The lowest BCUT2D eigenvalue weighted by molar-refractivity contribution is -0.384. The number of hydrogen-bond donors (Lipinski definition) is 1. The van der Waals surface area contributed by atoms with Gasteiger partial charge in [0.25, 0.3) is 5.69 Å². The summed E-state index contributed by atoms with van der Waals surface area (Å²) in [5, 5.41) is 14.2. The third-order valence-corrected chi connectivity index (χ3v) is 6.06. The van der Waals surface area contributed by atoms with Crippen LogP contribution in [0, 0.1) is 23.0 Å². The second kappa shape index (κ2) is 8.18. The number of anilines is 2. The molecule has 7 heteroatoms. The van der Waals surface area contributed by atoms with E-state index < -0.39 is 0 Å². The van der Waals surface area contributed by atoms with Crippen LogP contribution in [0.25, 0.3) is 0 Å². The van der Waals surface area contributed by atoms with E-state index in [-0.39, 0.29) is 28.5 Å². The fourth-order valence-corrected chi connectivity index (χ4v) is 4.52. The molecule has 2 aromatic carbocycles. The summed E-state index contributed by atoms with van der Waals surface area (Å²) in [6.07, 6.45) is 2.15. The molecule has 7 nitrogen and oxygen atoms in total. The lowest BCUT2D eigenvalue weighted by Gasteiger charge is -2.49. The first kappa shape index (κ1) is 19.9. The maximum absolute atomic E-state index is 13.0. The molecule has 4 rings (SSSR count). The van der Waals surface area contributed by atoms with Crippen LogP contribution >= 0.6 is 0 Å². The van der Waals surface area contributed by atoms with Gasteiger partial charge in [0.2, 0.25) is 5.91 Å². The standard InChI is InChI=1S/C23H26N4O3/c1-3-10-24-23(28)20-14-17-13-19(27(29)30)8-9-21(17)26-12-11-25(15-22(20)26)18-6-4-16(2)5-7-18/h3-9,13,20,22H,1,10-12,14-15H2,2H3,(H,24,28)/t20-,22+/m0/s1. The van der Waals surface area contributed by atoms with E-state index in [2.05, 4.69) is 52.9 Å². The zero-order valence-electron chi connectivity index (χ0n) is 17.1. The number of nitro groups is 1. The van der Waals surface area contributed by atoms with Crippen LogP contribution in [0.2, 0.25) is 0 Å². The fourth-order valence-electron chi connectivity index (χ4n) is 4.52. The first-order valence-electron chi connectivity index (χ1n) is 10.2. The van der Waals surface area contributed by atoms with Crippen molar-refractivity contribution in [2.45, 2.75) is 19.4 Å². The van der Waals surface area contributed by atoms with Gasteiger partial charge in [-0.3, -0.25) is 14.9 Å². The molecule has 2 atom stereocenters. The number of nitrogens with zero attached hydrogens (tertiary/aromatic N) is 3. The van der Waals surface area contributed by atoms with Crippen molar-refractivity contribution in [3.63, 3.8) is 0 Å². The van der Waals surface area contributed by atoms with Crippen LogP contribution in [0.1, 0.15) is 11.1 Å². The molecule has 0 spiro atoms. The molecule has 0 bridgehead atoms. The van der Waals surface area contributed by atoms with Crippen molar-refractivity contribution in [2.24, 2.45) is 5.92 Å². The molecule has 2 aliphatic heterocycles. The molecule has 1 fully saturated rings. The molecule has 1 amide bonds. The lowest BCUT2D eigenvalue weighted by Crippen LogP contribution is -2.61. The largest absolute Gasteiger partial charge is 0.368 e. The minimum atomic E-state index is -0.380. The zero-order chi connectivity index (χ0) is 21.3. The zero-order valence-corrected chi connectivity index (χ0v) is 17.1. The molecule has 156 valence electrons. The normalized spacial score (nSPS) is 20.2. The Labute approximate surface area is 176 Å². The summed E-state index contributed by atoms with van der Waals surface area (Å²) in [5.74, 6) is -0.319. The first-order valence-corrected chi connectivity index (χ1v) is 10.2. The fraction of sp³-hybridized carbons (Fsp3) is 0.348.